The van der Waals surface area contributed by atoms with Crippen molar-refractivity contribution in [3.63, 3.8) is 0 Å². The number of halogens is 1. The molecule has 7 heteroatoms. The smallest absolute Gasteiger partial charge is 0.254 e. The second kappa shape index (κ2) is 7.57. The van der Waals surface area contributed by atoms with Crippen molar-refractivity contribution < 1.29 is 9.59 Å². The molecule has 2 rings (SSSR count). The van der Waals surface area contributed by atoms with E-state index >= 15 is 0 Å². The van der Waals surface area contributed by atoms with Crippen molar-refractivity contribution in [2.75, 3.05) is 11.9 Å². The Hall–Kier alpha value is -1.92. The van der Waals surface area contributed by atoms with Gasteiger partial charge in [0.1, 0.15) is 6.54 Å². The predicted octanol–water partition coefficient (Wildman–Crippen LogP) is 3.59. The molecule has 0 aliphatic rings. The number of hydrogen-bond donors (Lipinski definition) is 1. The van der Waals surface area contributed by atoms with Crippen LogP contribution in [-0.4, -0.2) is 34.3 Å². The first kappa shape index (κ1) is 17.4. The van der Waals surface area contributed by atoms with Crippen LogP contribution >= 0.6 is 22.9 Å². The third-order valence-electron chi connectivity index (χ3n) is 3.14. The normalized spacial score (nSPS) is 10.7. The number of benzene rings is 1. The lowest BCUT2D eigenvalue weighted by atomic mass is 10.1. The zero-order chi connectivity index (χ0) is 17.0. The number of aromatic nitrogens is 1. The standard InChI is InChI=1S/C16H18ClN3O2S/c1-10(2)20(15(22)12-5-4-6-13(17)7-12)8-14(21)19-16-18-11(3)9-23-16/h4-7,9-10H,8H2,1-3H3,(H,18,19,21). The number of carbonyl (C=O) groups excluding carboxylic acids is 2. The lowest BCUT2D eigenvalue weighted by Crippen LogP contribution is -2.42. The van der Waals surface area contributed by atoms with E-state index in [-0.39, 0.29) is 24.4 Å². The summed E-state index contributed by atoms with van der Waals surface area (Å²) in [6, 6.07) is 6.58. The van der Waals surface area contributed by atoms with Crippen LogP contribution in [0.15, 0.2) is 29.6 Å². The lowest BCUT2D eigenvalue weighted by Gasteiger charge is -2.26. The summed E-state index contributed by atoms with van der Waals surface area (Å²) in [5.74, 6) is -0.503. The van der Waals surface area contributed by atoms with Crippen LogP contribution in [-0.2, 0) is 4.79 Å². The Morgan fingerprint density at radius 1 is 1.39 bits per heavy atom. The molecule has 5 nitrogen and oxygen atoms in total. The van der Waals surface area contributed by atoms with Gasteiger partial charge in [-0.2, -0.15) is 0 Å². The number of carbonyl (C=O) groups is 2. The first-order valence-corrected chi connectivity index (χ1v) is 8.41. The van der Waals surface area contributed by atoms with E-state index in [0.29, 0.717) is 15.7 Å². The van der Waals surface area contributed by atoms with Crippen LogP contribution in [0.1, 0.15) is 29.9 Å². The Labute approximate surface area is 144 Å². The Morgan fingerprint density at radius 2 is 2.13 bits per heavy atom. The average Bonchev–Trinajstić information content (AvgIpc) is 2.89. The van der Waals surface area contributed by atoms with E-state index in [2.05, 4.69) is 10.3 Å². The van der Waals surface area contributed by atoms with Crippen LogP contribution in [0.25, 0.3) is 0 Å². The van der Waals surface area contributed by atoms with Crippen LogP contribution in [0.5, 0.6) is 0 Å². The highest BCUT2D eigenvalue weighted by Crippen LogP contribution is 2.16. The van der Waals surface area contributed by atoms with Crippen LogP contribution in [0.3, 0.4) is 0 Å². The molecule has 1 N–H and O–H groups in total. The van der Waals surface area contributed by atoms with Gasteiger partial charge in [0.05, 0.1) is 5.69 Å². The molecule has 0 aliphatic carbocycles. The van der Waals surface area contributed by atoms with Gasteiger partial charge >= 0.3 is 0 Å². The molecule has 0 fully saturated rings. The van der Waals surface area contributed by atoms with E-state index in [4.69, 9.17) is 11.6 Å². The Bertz CT molecular complexity index is 715. The maximum absolute atomic E-state index is 12.6. The van der Waals surface area contributed by atoms with E-state index in [1.807, 2.05) is 26.2 Å². The fraction of sp³-hybridized carbons (Fsp3) is 0.312. The Morgan fingerprint density at radius 3 is 2.70 bits per heavy atom. The van der Waals surface area contributed by atoms with Crippen molar-refractivity contribution in [2.45, 2.75) is 26.8 Å². The van der Waals surface area contributed by atoms with Crippen molar-refractivity contribution in [1.29, 1.82) is 0 Å². The second-order valence-corrected chi connectivity index (χ2v) is 6.67. The van der Waals surface area contributed by atoms with Gasteiger partial charge in [-0.3, -0.25) is 9.59 Å². The minimum atomic E-state index is -0.275. The Kier molecular flexibility index (Phi) is 5.74. The molecule has 0 unspecified atom stereocenters. The molecule has 1 aromatic carbocycles. The fourth-order valence-corrected chi connectivity index (χ4v) is 2.90. The molecular formula is C16H18ClN3O2S. The lowest BCUT2D eigenvalue weighted by molar-refractivity contribution is -0.117. The largest absolute Gasteiger partial charge is 0.327 e. The number of hydrogen-bond acceptors (Lipinski definition) is 4. The fourth-order valence-electron chi connectivity index (χ4n) is 2.00. The molecule has 0 spiro atoms. The highest BCUT2D eigenvalue weighted by molar-refractivity contribution is 7.13. The van der Waals surface area contributed by atoms with Crippen molar-refractivity contribution in [3.05, 3.63) is 45.9 Å². The summed E-state index contributed by atoms with van der Waals surface area (Å²) >= 11 is 7.29. The van der Waals surface area contributed by atoms with Crippen molar-refractivity contribution in [2.24, 2.45) is 0 Å². The number of rotatable bonds is 5. The average molecular weight is 352 g/mol. The number of amides is 2. The first-order chi connectivity index (χ1) is 10.9. The molecule has 0 aliphatic heterocycles. The number of nitrogens with one attached hydrogen (secondary N) is 1. The van der Waals surface area contributed by atoms with Gasteiger partial charge in [-0.25, -0.2) is 4.98 Å². The third-order valence-corrected chi connectivity index (χ3v) is 4.25. The van der Waals surface area contributed by atoms with Gasteiger partial charge in [0, 0.05) is 22.0 Å². The molecule has 0 bridgehead atoms. The van der Waals surface area contributed by atoms with Gasteiger partial charge in [0.2, 0.25) is 5.91 Å². The van der Waals surface area contributed by atoms with Gasteiger partial charge in [0.25, 0.3) is 5.91 Å². The summed E-state index contributed by atoms with van der Waals surface area (Å²) in [7, 11) is 0. The summed E-state index contributed by atoms with van der Waals surface area (Å²) < 4.78 is 0. The summed E-state index contributed by atoms with van der Waals surface area (Å²) in [6.07, 6.45) is 0. The molecule has 122 valence electrons. The molecule has 0 radical (unpaired) electrons. The molecule has 0 saturated heterocycles. The SMILES string of the molecule is Cc1csc(NC(=O)CN(C(=O)c2cccc(Cl)c2)C(C)C)n1. The molecule has 1 heterocycles. The third kappa shape index (κ3) is 4.77. The highest BCUT2D eigenvalue weighted by atomic mass is 35.5. The molecule has 23 heavy (non-hydrogen) atoms. The second-order valence-electron chi connectivity index (χ2n) is 5.38. The minimum Gasteiger partial charge on any atom is -0.327 e. The van der Waals surface area contributed by atoms with Gasteiger partial charge in [-0.15, -0.1) is 11.3 Å². The number of nitrogens with zero attached hydrogens (tertiary/aromatic N) is 2. The highest BCUT2D eigenvalue weighted by Gasteiger charge is 2.22. The van der Waals surface area contributed by atoms with E-state index in [0.717, 1.165) is 5.69 Å². The maximum atomic E-state index is 12.6. The van der Waals surface area contributed by atoms with Crippen molar-refractivity contribution in [3.8, 4) is 0 Å². The quantitative estimate of drug-likeness (QED) is 0.895. The molecule has 0 saturated carbocycles. The van der Waals surface area contributed by atoms with E-state index in [1.165, 1.54) is 16.2 Å². The zero-order valence-corrected chi connectivity index (χ0v) is 14.7. The van der Waals surface area contributed by atoms with Gasteiger partial charge in [0.15, 0.2) is 5.13 Å². The maximum Gasteiger partial charge on any atom is 0.254 e. The van der Waals surface area contributed by atoms with E-state index in [1.54, 1.807) is 24.3 Å². The van der Waals surface area contributed by atoms with E-state index < -0.39 is 0 Å². The number of aryl methyl sites for hydroxylation is 1. The zero-order valence-electron chi connectivity index (χ0n) is 13.2. The topological polar surface area (TPSA) is 62.3 Å². The van der Waals surface area contributed by atoms with Gasteiger partial charge < -0.3 is 10.2 Å². The Balaban J connectivity index is 2.09. The summed E-state index contributed by atoms with van der Waals surface area (Å²) in [5.41, 5.74) is 1.31. The molecule has 0 atom stereocenters. The number of anilines is 1. The summed E-state index contributed by atoms with van der Waals surface area (Å²) in [5, 5.41) is 5.59. The summed E-state index contributed by atoms with van der Waals surface area (Å²) in [4.78, 5) is 30.5. The van der Waals surface area contributed by atoms with Crippen molar-refractivity contribution >= 4 is 39.9 Å². The van der Waals surface area contributed by atoms with E-state index in [9.17, 15) is 9.59 Å². The summed E-state index contributed by atoms with van der Waals surface area (Å²) in [6.45, 7) is 5.55. The van der Waals surface area contributed by atoms with Gasteiger partial charge in [-0.05, 0) is 39.0 Å². The van der Waals surface area contributed by atoms with Crippen LogP contribution < -0.4 is 5.32 Å². The minimum absolute atomic E-state index is 0.0400. The number of thiazole rings is 1. The first-order valence-electron chi connectivity index (χ1n) is 7.15. The molecule has 2 aromatic rings. The monoisotopic (exact) mass is 351 g/mol. The van der Waals surface area contributed by atoms with Crippen LogP contribution in [0.4, 0.5) is 5.13 Å². The molecule has 1 aromatic heterocycles. The van der Waals surface area contributed by atoms with Crippen molar-refractivity contribution in [1.82, 2.24) is 9.88 Å². The van der Waals surface area contributed by atoms with Crippen LogP contribution in [0, 0.1) is 6.92 Å². The molecular weight excluding hydrogens is 334 g/mol. The molecule has 2 amide bonds. The van der Waals surface area contributed by atoms with Gasteiger partial charge in [-0.1, -0.05) is 17.7 Å². The predicted molar refractivity (Wildman–Crippen MR) is 93.1 cm³/mol. The van der Waals surface area contributed by atoms with Crippen LogP contribution in [0.2, 0.25) is 5.02 Å².